The van der Waals surface area contributed by atoms with Crippen LogP contribution in [-0.4, -0.2) is 20.9 Å². The lowest BCUT2D eigenvalue weighted by atomic mass is 10.1. The second-order valence-electron chi connectivity index (χ2n) is 5.01. The molecule has 0 aliphatic carbocycles. The summed E-state index contributed by atoms with van der Waals surface area (Å²) in [5.74, 6) is 0.300. The Labute approximate surface area is 135 Å². The van der Waals surface area contributed by atoms with Gasteiger partial charge in [-0.2, -0.15) is 0 Å². The van der Waals surface area contributed by atoms with Crippen molar-refractivity contribution in [3.63, 3.8) is 0 Å². The summed E-state index contributed by atoms with van der Waals surface area (Å²) in [6, 6.07) is 14.8. The van der Waals surface area contributed by atoms with Gasteiger partial charge in [0.15, 0.2) is 6.61 Å². The zero-order valence-corrected chi connectivity index (χ0v) is 13.4. The molecule has 0 saturated heterocycles. The SMILES string of the molecule is CC(NC(=O)COc1ccccc1)c1cccc(S(N)(=O)=O)c1. The van der Waals surface area contributed by atoms with Crippen molar-refractivity contribution in [2.24, 2.45) is 5.14 Å². The van der Waals surface area contributed by atoms with E-state index in [2.05, 4.69) is 5.32 Å². The molecule has 0 bridgehead atoms. The maximum absolute atomic E-state index is 11.9. The molecule has 0 aliphatic heterocycles. The van der Waals surface area contributed by atoms with Gasteiger partial charge in [0.2, 0.25) is 10.0 Å². The number of benzene rings is 2. The summed E-state index contributed by atoms with van der Waals surface area (Å²) < 4.78 is 28.1. The van der Waals surface area contributed by atoms with Crippen LogP contribution in [0.25, 0.3) is 0 Å². The van der Waals surface area contributed by atoms with Crippen LogP contribution in [-0.2, 0) is 14.8 Å². The fraction of sp³-hybridized carbons (Fsp3) is 0.188. The number of rotatable bonds is 6. The molecule has 2 aromatic rings. The third-order valence-electron chi connectivity index (χ3n) is 3.18. The van der Waals surface area contributed by atoms with Crippen molar-refractivity contribution in [1.29, 1.82) is 0 Å². The zero-order valence-electron chi connectivity index (χ0n) is 12.6. The first-order chi connectivity index (χ1) is 10.9. The van der Waals surface area contributed by atoms with E-state index in [-0.39, 0.29) is 23.5 Å². The molecule has 3 N–H and O–H groups in total. The van der Waals surface area contributed by atoms with Crippen molar-refractivity contribution < 1.29 is 17.9 Å². The van der Waals surface area contributed by atoms with Crippen LogP contribution in [0.15, 0.2) is 59.5 Å². The molecule has 0 fully saturated rings. The van der Waals surface area contributed by atoms with Gasteiger partial charge in [-0.15, -0.1) is 0 Å². The molecule has 1 amide bonds. The number of amides is 1. The van der Waals surface area contributed by atoms with E-state index in [1.54, 1.807) is 31.2 Å². The summed E-state index contributed by atoms with van der Waals surface area (Å²) in [5.41, 5.74) is 0.643. The molecule has 2 aromatic carbocycles. The second-order valence-corrected chi connectivity index (χ2v) is 6.57. The Kier molecular flexibility index (Phi) is 5.36. The molecule has 0 saturated carbocycles. The second kappa shape index (κ2) is 7.26. The van der Waals surface area contributed by atoms with Crippen LogP contribution in [0, 0.1) is 0 Å². The van der Waals surface area contributed by atoms with Gasteiger partial charge in [0.1, 0.15) is 5.75 Å². The first-order valence-electron chi connectivity index (χ1n) is 6.96. The van der Waals surface area contributed by atoms with Crippen LogP contribution in [0.2, 0.25) is 0 Å². The lowest BCUT2D eigenvalue weighted by molar-refractivity contribution is -0.123. The van der Waals surface area contributed by atoms with Gasteiger partial charge in [-0.25, -0.2) is 13.6 Å². The lowest BCUT2D eigenvalue weighted by Gasteiger charge is -2.15. The normalized spacial score (nSPS) is 12.4. The Morgan fingerprint density at radius 1 is 1.17 bits per heavy atom. The topological polar surface area (TPSA) is 98.5 Å². The number of nitrogens with one attached hydrogen (secondary N) is 1. The molecular weight excluding hydrogens is 316 g/mol. The van der Waals surface area contributed by atoms with E-state index in [0.717, 1.165) is 0 Å². The summed E-state index contributed by atoms with van der Waals surface area (Å²) in [7, 11) is -3.77. The number of sulfonamides is 1. The van der Waals surface area contributed by atoms with Crippen molar-refractivity contribution in [3.8, 4) is 5.75 Å². The number of hydrogen-bond donors (Lipinski definition) is 2. The largest absolute Gasteiger partial charge is 0.484 e. The van der Waals surface area contributed by atoms with Gasteiger partial charge in [0.25, 0.3) is 5.91 Å². The van der Waals surface area contributed by atoms with E-state index in [4.69, 9.17) is 9.88 Å². The molecule has 2 rings (SSSR count). The summed E-state index contributed by atoms with van der Waals surface area (Å²) >= 11 is 0. The summed E-state index contributed by atoms with van der Waals surface area (Å²) in [6.45, 7) is 1.63. The van der Waals surface area contributed by atoms with Gasteiger partial charge in [0, 0.05) is 0 Å². The number of carbonyl (C=O) groups is 1. The first kappa shape index (κ1) is 17.0. The Hall–Kier alpha value is -2.38. The third-order valence-corrected chi connectivity index (χ3v) is 4.09. The number of carbonyl (C=O) groups excluding carboxylic acids is 1. The van der Waals surface area contributed by atoms with Gasteiger partial charge >= 0.3 is 0 Å². The number of ether oxygens (including phenoxy) is 1. The lowest BCUT2D eigenvalue weighted by Crippen LogP contribution is -2.31. The molecule has 1 unspecified atom stereocenters. The highest BCUT2D eigenvalue weighted by Gasteiger charge is 2.13. The molecule has 0 aliphatic rings. The predicted molar refractivity (Wildman–Crippen MR) is 86.3 cm³/mol. The van der Waals surface area contributed by atoms with Crippen molar-refractivity contribution in [3.05, 3.63) is 60.2 Å². The van der Waals surface area contributed by atoms with E-state index in [1.165, 1.54) is 12.1 Å². The Morgan fingerprint density at radius 2 is 1.87 bits per heavy atom. The smallest absolute Gasteiger partial charge is 0.258 e. The standard InChI is InChI=1S/C16H18N2O4S/c1-12(13-6-5-9-15(10-13)23(17,20)21)18-16(19)11-22-14-7-3-2-4-8-14/h2-10,12H,11H2,1H3,(H,18,19)(H2,17,20,21). The van der Waals surface area contributed by atoms with E-state index in [9.17, 15) is 13.2 Å². The molecule has 122 valence electrons. The minimum atomic E-state index is -3.77. The first-order valence-corrected chi connectivity index (χ1v) is 8.51. The maximum atomic E-state index is 11.9. The van der Waals surface area contributed by atoms with Crippen molar-refractivity contribution in [2.75, 3.05) is 6.61 Å². The highest BCUT2D eigenvalue weighted by Crippen LogP contribution is 2.16. The van der Waals surface area contributed by atoms with E-state index >= 15 is 0 Å². The van der Waals surface area contributed by atoms with Crippen LogP contribution in [0.5, 0.6) is 5.75 Å². The van der Waals surface area contributed by atoms with E-state index in [0.29, 0.717) is 11.3 Å². The van der Waals surface area contributed by atoms with Gasteiger partial charge in [0.05, 0.1) is 10.9 Å². The number of primary sulfonamides is 1. The maximum Gasteiger partial charge on any atom is 0.258 e. The van der Waals surface area contributed by atoms with E-state index < -0.39 is 10.0 Å². The number of nitrogens with two attached hydrogens (primary N) is 1. The van der Waals surface area contributed by atoms with Crippen LogP contribution < -0.4 is 15.2 Å². The van der Waals surface area contributed by atoms with Gasteiger partial charge in [-0.05, 0) is 36.8 Å². The van der Waals surface area contributed by atoms with Crippen molar-refractivity contribution >= 4 is 15.9 Å². The van der Waals surface area contributed by atoms with Crippen LogP contribution in [0.3, 0.4) is 0 Å². The molecule has 7 heteroatoms. The zero-order chi connectivity index (χ0) is 16.9. The van der Waals surface area contributed by atoms with Gasteiger partial charge in [-0.3, -0.25) is 4.79 Å². The Bertz CT molecular complexity index is 776. The number of hydrogen-bond acceptors (Lipinski definition) is 4. The number of para-hydroxylation sites is 1. The molecule has 0 aromatic heterocycles. The highest BCUT2D eigenvalue weighted by atomic mass is 32.2. The van der Waals surface area contributed by atoms with Crippen molar-refractivity contribution in [1.82, 2.24) is 5.32 Å². The van der Waals surface area contributed by atoms with E-state index in [1.807, 2.05) is 18.2 Å². The van der Waals surface area contributed by atoms with Gasteiger partial charge < -0.3 is 10.1 Å². The van der Waals surface area contributed by atoms with Crippen LogP contribution in [0.1, 0.15) is 18.5 Å². The predicted octanol–water partition coefficient (Wildman–Crippen LogP) is 1.59. The Morgan fingerprint density at radius 3 is 2.52 bits per heavy atom. The highest BCUT2D eigenvalue weighted by molar-refractivity contribution is 7.89. The average Bonchev–Trinajstić information content (AvgIpc) is 2.53. The minimum absolute atomic E-state index is 0.0108. The summed E-state index contributed by atoms with van der Waals surface area (Å²) in [4.78, 5) is 11.9. The Balaban J connectivity index is 1.96. The molecule has 1 atom stereocenters. The van der Waals surface area contributed by atoms with Crippen LogP contribution >= 0.6 is 0 Å². The van der Waals surface area contributed by atoms with Gasteiger partial charge in [-0.1, -0.05) is 30.3 Å². The van der Waals surface area contributed by atoms with Crippen LogP contribution in [0.4, 0.5) is 0 Å². The molecular formula is C16H18N2O4S. The third kappa shape index (κ3) is 5.08. The minimum Gasteiger partial charge on any atom is -0.484 e. The summed E-state index contributed by atoms with van der Waals surface area (Å²) in [5, 5.41) is 7.85. The molecule has 0 radical (unpaired) electrons. The summed E-state index contributed by atoms with van der Waals surface area (Å²) in [6.07, 6.45) is 0. The molecule has 6 nitrogen and oxygen atoms in total. The quantitative estimate of drug-likeness (QED) is 0.838. The molecule has 0 heterocycles. The average molecular weight is 334 g/mol. The van der Waals surface area contributed by atoms with Crippen molar-refractivity contribution in [2.45, 2.75) is 17.9 Å². The fourth-order valence-corrected chi connectivity index (χ4v) is 2.56. The molecule has 23 heavy (non-hydrogen) atoms. The fourth-order valence-electron chi connectivity index (χ4n) is 1.99. The molecule has 0 spiro atoms. The monoisotopic (exact) mass is 334 g/mol.